The highest BCUT2D eigenvalue weighted by Crippen LogP contribution is 2.48. The second kappa shape index (κ2) is 11.5. The van der Waals surface area contributed by atoms with E-state index < -0.39 is 0 Å². The first kappa shape index (κ1) is 26.0. The Morgan fingerprint density at radius 2 is 1.85 bits per heavy atom. The first-order chi connectivity index (χ1) is 19.6. The van der Waals surface area contributed by atoms with Crippen LogP contribution in [0.25, 0.3) is 10.9 Å². The molecule has 2 aliphatic carbocycles. The van der Waals surface area contributed by atoms with Crippen LogP contribution in [0, 0.1) is 17.8 Å². The number of nitrogens with zero attached hydrogens (tertiary/aromatic N) is 2. The molecule has 0 aliphatic heterocycles. The summed E-state index contributed by atoms with van der Waals surface area (Å²) < 4.78 is 6.19. The van der Waals surface area contributed by atoms with Gasteiger partial charge in [0, 0.05) is 23.5 Å². The van der Waals surface area contributed by atoms with Crippen LogP contribution in [0.3, 0.4) is 0 Å². The van der Waals surface area contributed by atoms with Crippen LogP contribution >= 0.6 is 0 Å². The maximum absolute atomic E-state index is 13.2. The number of hydrogen-bond acceptors (Lipinski definition) is 5. The molecule has 7 nitrogen and oxygen atoms in total. The van der Waals surface area contributed by atoms with Crippen molar-refractivity contribution >= 4 is 28.4 Å². The molecule has 6 rings (SSSR count). The first-order valence-electron chi connectivity index (χ1n) is 14.2. The van der Waals surface area contributed by atoms with E-state index in [1.54, 1.807) is 18.5 Å². The SMILES string of the molecule is CCC(NC(=O)c1cnc2cc(NC(=O)c3ccccc3OCC3CC4CCC3C4)ccc2c1)c1ccccn1. The number of nitrogens with one attached hydrogen (secondary N) is 2. The maximum Gasteiger partial charge on any atom is 0.259 e. The lowest BCUT2D eigenvalue weighted by Crippen LogP contribution is -2.28. The fourth-order valence-electron chi connectivity index (χ4n) is 6.29. The van der Waals surface area contributed by atoms with Gasteiger partial charge >= 0.3 is 0 Å². The molecule has 0 saturated heterocycles. The molecular formula is C33H34N4O3. The summed E-state index contributed by atoms with van der Waals surface area (Å²) >= 11 is 0. The van der Waals surface area contributed by atoms with Crippen LogP contribution < -0.4 is 15.4 Å². The summed E-state index contributed by atoms with van der Waals surface area (Å²) in [5.41, 5.74) is 3.13. The summed E-state index contributed by atoms with van der Waals surface area (Å²) in [6, 6.07) is 20.2. The standard InChI is InChI=1S/C33H34N4O3/c1-2-28(29-8-5-6-14-34-29)37-32(38)24-17-23-12-13-26(18-30(23)35-19-24)36-33(39)27-7-3-4-9-31(27)40-20-25-16-21-10-11-22(25)15-21/h3-9,12-14,17-19,21-22,25,28H,2,10-11,15-16,20H2,1H3,(H,36,39)(H,37,38). The number of amides is 2. The molecule has 204 valence electrons. The van der Waals surface area contributed by atoms with Crippen molar-refractivity contribution in [1.82, 2.24) is 15.3 Å². The molecule has 2 fully saturated rings. The van der Waals surface area contributed by atoms with Crippen molar-refractivity contribution in [2.45, 2.75) is 45.1 Å². The third-order valence-electron chi connectivity index (χ3n) is 8.43. The summed E-state index contributed by atoms with van der Waals surface area (Å²) in [5, 5.41) is 6.85. The van der Waals surface area contributed by atoms with E-state index in [0.29, 0.717) is 40.6 Å². The number of anilines is 1. The molecule has 7 heteroatoms. The van der Waals surface area contributed by atoms with Gasteiger partial charge in [0.2, 0.25) is 0 Å². The second-order valence-electron chi connectivity index (χ2n) is 11.0. The largest absolute Gasteiger partial charge is 0.492 e. The van der Waals surface area contributed by atoms with Gasteiger partial charge in [-0.3, -0.25) is 19.6 Å². The fourth-order valence-corrected chi connectivity index (χ4v) is 6.29. The van der Waals surface area contributed by atoms with Gasteiger partial charge in [0.25, 0.3) is 11.8 Å². The van der Waals surface area contributed by atoms with Crippen LogP contribution in [0.2, 0.25) is 0 Å². The highest BCUT2D eigenvalue weighted by atomic mass is 16.5. The molecule has 2 heterocycles. The summed E-state index contributed by atoms with van der Waals surface area (Å²) in [6.45, 7) is 2.68. The minimum absolute atomic E-state index is 0.179. The number of fused-ring (bicyclic) bond motifs is 3. The Morgan fingerprint density at radius 3 is 2.62 bits per heavy atom. The molecular weight excluding hydrogens is 500 g/mol. The number of ether oxygens (including phenoxy) is 1. The lowest BCUT2D eigenvalue weighted by molar-refractivity contribution is 0.0933. The van der Waals surface area contributed by atoms with Gasteiger partial charge in [-0.05, 0) is 85.9 Å². The highest BCUT2D eigenvalue weighted by molar-refractivity contribution is 6.07. The van der Waals surface area contributed by atoms with Crippen molar-refractivity contribution in [3.63, 3.8) is 0 Å². The van der Waals surface area contributed by atoms with E-state index in [4.69, 9.17) is 4.74 Å². The van der Waals surface area contributed by atoms with Crippen molar-refractivity contribution in [2.24, 2.45) is 17.8 Å². The highest BCUT2D eigenvalue weighted by Gasteiger charge is 2.39. The van der Waals surface area contributed by atoms with Crippen molar-refractivity contribution in [3.8, 4) is 5.75 Å². The minimum Gasteiger partial charge on any atom is -0.492 e. The fraction of sp³-hybridized carbons (Fsp3) is 0.333. The Morgan fingerprint density at radius 1 is 0.975 bits per heavy atom. The molecule has 2 aromatic carbocycles. The normalized spacial score (nSPS) is 20.3. The van der Waals surface area contributed by atoms with E-state index in [2.05, 4.69) is 20.6 Å². The van der Waals surface area contributed by atoms with E-state index in [9.17, 15) is 9.59 Å². The van der Waals surface area contributed by atoms with Gasteiger partial charge in [-0.1, -0.05) is 37.6 Å². The number of pyridine rings is 2. The Bertz CT molecular complexity index is 1520. The summed E-state index contributed by atoms with van der Waals surface area (Å²) in [7, 11) is 0. The zero-order valence-corrected chi connectivity index (χ0v) is 22.7. The van der Waals surface area contributed by atoms with Crippen molar-refractivity contribution in [3.05, 3.63) is 95.9 Å². The molecule has 2 aliphatic rings. The molecule has 40 heavy (non-hydrogen) atoms. The van der Waals surface area contributed by atoms with Gasteiger partial charge in [-0.25, -0.2) is 0 Å². The van der Waals surface area contributed by atoms with Crippen LogP contribution in [0.4, 0.5) is 5.69 Å². The third kappa shape index (κ3) is 5.55. The number of benzene rings is 2. The quantitative estimate of drug-likeness (QED) is 0.253. The molecule has 4 unspecified atom stereocenters. The lowest BCUT2D eigenvalue weighted by Gasteiger charge is -2.22. The summed E-state index contributed by atoms with van der Waals surface area (Å²) in [5.74, 6) is 2.43. The zero-order chi connectivity index (χ0) is 27.5. The van der Waals surface area contributed by atoms with Gasteiger partial charge in [0.05, 0.1) is 35.0 Å². The minimum atomic E-state index is -0.223. The number of hydrogen-bond donors (Lipinski definition) is 2. The van der Waals surface area contributed by atoms with Crippen molar-refractivity contribution < 1.29 is 14.3 Å². The molecule has 4 atom stereocenters. The topological polar surface area (TPSA) is 93.2 Å². The monoisotopic (exact) mass is 534 g/mol. The Labute approximate surface area is 234 Å². The number of para-hydroxylation sites is 1. The number of rotatable bonds is 9. The Balaban J connectivity index is 1.12. The lowest BCUT2D eigenvalue weighted by atomic mass is 9.89. The third-order valence-corrected chi connectivity index (χ3v) is 8.43. The van der Waals surface area contributed by atoms with E-state index in [1.165, 1.54) is 25.7 Å². The van der Waals surface area contributed by atoms with E-state index in [1.807, 2.05) is 67.6 Å². The zero-order valence-electron chi connectivity index (χ0n) is 22.7. The Kier molecular flexibility index (Phi) is 7.45. The second-order valence-corrected chi connectivity index (χ2v) is 11.0. The van der Waals surface area contributed by atoms with Crippen LogP contribution in [0.5, 0.6) is 5.75 Å². The van der Waals surface area contributed by atoms with Crippen LogP contribution in [-0.2, 0) is 0 Å². The maximum atomic E-state index is 13.2. The predicted octanol–water partition coefficient (Wildman–Crippen LogP) is 6.58. The van der Waals surface area contributed by atoms with E-state index >= 15 is 0 Å². The molecule has 2 saturated carbocycles. The van der Waals surface area contributed by atoms with Crippen molar-refractivity contribution in [1.29, 1.82) is 0 Å². The van der Waals surface area contributed by atoms with E-state index in [0.717, 1.165) is 29.3 Å². The number of aromatic nitrogens is 2. The summed E-state index contributed by atoms with van der Waals surface area (Å²) in [4.78, 5) is 35.1. The molecule has 0 spiro atoms. The molecule has 0 radical (unpaired) electrons. The van der Waals surface area contributed by atoms with Gasteiger partial charge in [0.15, 0.2) is 0 Å². The van der Waals surface area contributed by atoms with Gasteiger partial charge in [-0.15, -0.1) is 0 Å². The molecule has 2 bridgehead atoms. The van der Waals surface area contributed by atoms with E-state index in [-0.39, 0.29) is 17.9 Å². The number of carbonyl (C=O) groups is 2. The average molecular weight is 535 g/mol. The average Bonchev–Trinajstić information content (AvgIpc) is 3.63. The van der Waals surface area contributed by atoms with Crippen LogP contribution in [-0.4, -0.2) is 28.4 Å². The Hall–Kier alpha value is -4.26. The smallest absolute Gasteiger partial charge is 0.259 e. The molecule has 2 amide bonds. The summed E-state index contributed by atoms with van der Waals surface area (Å²) in [6.07, 6.45) is 9.27. The predicted molar refractivity (Wildman–Crippen MR) is 155 cm³/mol. The first-order valence-corrected chi connectivity index (χ1v) is 14.2. The number of carbonyl (C=O) groups excluding carboxylic acids is 2. The van der Waals surface area contributed by atoms with Crippen LogP contribution in [0.1, 0.15) is 71.5 Å². The van der Waals surface area contributed by atoms with Gasteiger partial charge in [-0.2, -0.15) is 0 Å². The molecule has 4 aromatic rings. The van der Waals surface area contributed by atoms with Gasteiger partial charge in [0.1, 0.15) is 5.75 Å². The molecule has 2 aromatic heterocycles. The van der Waals surface area contributed by atoms with Gasteiger partial charge < -0.3 is 15.4 Å². The molecule has 2 N–H and O–H groups in total. The van der Waals surface area contributed by atoms with Crippen LogP contribution in [0.15, 0.2) is 79.1 Å². The van der Waals surface area contributed by atoms with Crippen molar-refractivity contribution in [2.75, 3.05) is 11.9 Å².